The third-order valence-corrected chi connectivity index (χ3v) is 4.68. The maximum absolute atomic E-state index is 12.6. The van der Waals surface area contributed by atoms with Gasteiger partial charge in [0, 0.05) is 25.7 Å². The first kappa shape index (κ1) is 17.9. The van der Waals surface area contributed by atoms with Crippen LogP contribution in [0.5, 0.6) is 11.5 Å². The third kappa shape index (κ3) is 3.25. The van der Waals surface area contributed by atoms with Crippen molar-refractivity contribution in [3.05, 3.63) is 45.2 Å². The van der Waals surface area contributed by atoms with Gasteiger partial charge >= 0.3 is 5.69 Å². The number of hydrogen-bond donors (Lipinski definition) is 0. The fraction of sp³-hybridized carbons (Fsp3) is 0.294. The second-order valence-corrected chi connectivity index (χ2v) is 6.73. The number of nitrogens with zero attached hydrogens (tertiary/aromatic N) is 5. The Kier molecular flexibility index (Phi) is 4.90. The summed E-state index contributed by atoms with van der Waals surface area (Å²) < 4.78 is 13.7. The fourth-order valence-electron chi connectivity index (χ4n) is 2.55. The Hall–Kier alpha value is -2.94. The molecule has 0 aliphatic rings. The second-order valence-electron chi connectivity index (χ2n) is 5.57. The minimum Gasteiger partial charge on any atom is -0.493 e. The van der Waals surface area contributed by atoms with E-state index in [1.807, 2.05) is 25.1 Å². The van der Waals surface area contributed by atoms with Gasteiger partial charge in [-0.1, -0.05) is 11.3 Å². The molecule has 0 radical (unpaired) electrons. The van der Waals surface area contributed by atoms with Crippen molar-refractivity contribution in [2.24, 2.45) is 19.1 Å². The van der Waals surface area contributed by atoms with Gasteiger partial charge in [-0.05, 0) is 25.1 Å². The molecule has 0 N–H and O–H groups in total. The predicted molar refractivity (Wildman–Crippen MR) is 99.1 cm³/mol. The average molecular weight is 373 g/mol. The van der Waals surface area contributed by atoms with Crippen LogP contribution in [0.1, 0.15) is 5.01 Å². The van der Waals surface area contributed by atoms with E-state index in [0.29, 0.717) is 27.8 Å². The summed E-state index contributed by atoms with van der Waals surface area (Å²) in [6, 6.07) is 7.33. The lowest BCUT2D eigenvalue weighted by Crippen LogP contribution is -2.37. The highest BCUT2D eigenvalue weighted by Crippen LogP contribution is 2.31. The summed E-state index contributed by atoms with van der Waals surface area (Å²) in [5.41, 5.74) is 1.81. The molecule has 0 amide bonds. The Morgan fingerprint density at radius 1 is 1.04 bits per heavy atom. The van der Waals surface area contributed by atoms with Crippen LogP contribution in [-0.2, 0) is 14.1 Å². The van der Waals surface area contributed by atoms with Crippen LogP contribution >= 0.6 is 11.3 Å². The van der Waals surface area contributed by atoms with Gasteiger partial charge in [0.1, 0.15) is 10.5 Å². The number of aromatic nitrogens is 4. The van der Waals surface area contributed by atoms with Crippen LogP contribution in [0.25, 0.3) is 11.3 Å². The molecule has 2 heterocycles. The van der Waals surface area contributed by atoms with Gasteiger partial charge in [0.05, 0.1) is 19.9 Å². The van der Waals surface area contributed by atoms with Gasteiger partial charge in [-0.3, -0.25) is 9.13 Å². The van der Waals surface area contributed by atoms with E-state index >= 15 is 0 Å². The third-order valence-electron chi connectivity index (χ3n) is 3.95. The van der Waals surface area contributed by atoms with Gasteiger partial charge in [0.25, 0.3) is 0 Å². The largest absolute Gasteiger partial charge is 0.493 e. The molecule has 0 saturated heterocycles. The van der Waals surface area contributed by atoms with Crippen LogP contribution in [0.3, 0.4) is 0 Å². The minimum absolute atomic E-state index is 0.197. The van der Waals surface area contributed by atoms with Crippen molar-refractivity contribution in [1.82, 2.24) is 19.3 Å². The highest BCUT2D eigenvalue weighted by Gasteiger charge is 2.11. The summed E-state index contributed by atoms with van der Waals surface area (Å²) in [7, 11) is 6.54. The summed E-state index contributed by atoms with van der Waals surface area (Å²) in [5, 5.41) is 9.28. The first-order chi connectivity index (χ1) is 12.4. The standard InChI is InChI=1S/C17H19N5O3S/c1-10-19-20-16(26-10)18-15-9-12(21(2)17(23)22(15)3)11-6-7-13(24-4)14(8-11)25-5/h6-9H,1-5H3. The summed E-state index contributed by atoms with van der Waals surface area (Å²) in [5.74, 6) is 1.21. The van der Waals surface area contributed by atoms with Crippen molar-refractivity contribution in [2.45, 2.75) is 6.92 Å². The van der Waals surface area contributed by atoms with Crippen LogP contribution in [0.2, 0.25) is 0 Å². The van der Waals surface area contributed by atoms with Crippen LogP contribution in [0.4, 0.5) is 5.13 Å². The van der Waals surface area contributed by atoms with Gasteiger partial charge in [0.2, 0.25) is 5.13 Å². The Bertz CT molecular complexity index is 1080. The van der Waals surface area contributed by atoms with Gasteiger partial charge < -0.3 is 9.47 Å². The number of methoxy groups -OCH3 is 2. The van der Waals surface area contributed by atoms with E-state index in [0.717, 1.165) is 10.6 Å². The van der Waals surface area contributed by atoms with Gasteiger partial charge in [-0.25, -0.2) is 4.79 Å². The quantitative estimate of drug-likeness (QED) is 0.696. The van der Waals surface area contributed by atoms with Crippen LogP contribution < -0.4 is 20.7 Å². The smallest absolute Gasteiger partial charge is 0.329 e. The molecule has 0 fully saturated rings. The lowest BCUT2D eigenvalue weighted by molar-refractivity contribution is 0.355. The molecule has 0 spiro atoms. The zero-order valence-corrected chi connectivity index (χ0v) is 16.0. The fourth-order valence-corrected chi connectivity index (χ4v) is 3.12. The van der Waals surface area contributed by atoms with Crippen LogP contribution in [0, 0.1) is 6.92 Å². The topological polar surface area (TPSA) is 83.5 Å². The van der Waals surface area contributed by atoms with Crippen LogP contribution in [0.15, 0.2) is 34.1 Å². The summed E-state index contributed by atoms with van der Waals surface area (Å²) in [6.07, 6.45) is 0. The first-order valence-electron chi connectivity index (χ1n) is 7.79. The molecule has 0 unspecified atom stereocenters. The minimum atomic E-state index is -0.197. The van der Waals surface area contributed by atoms with Crippen molar-refractivity contribution in [2.75, 3.05) is 14.2 Å². The number of rotatable bonds is 4. The van der Waals surface area contributed by atoms with E-state index < -0.39 is 0 Å². The number of benzene rings is 1. The number of hydrogen-bond acceptors (Lipinski definition) is 7. The van der Waals surface area contributed by atoms with E-state index in [9.17, 15) is 4.79 Å². The molecule has 26 heavy (non-hydrogen) atoms. The molecule has 9 heteroatoms. The molecule has 0 aliphatic carbocycles. The highest BCUT2D eigenvalue weighted by molar-refractivity contribution is 7.14. The predicted octanol–water partition coefficient (Wildman–Crippen LogP) is 1.80. The molecule has 136 valence electrons. The van der Waals surface area contributed by atoms with Gasteiger partial charge in [-0.2, -0.15) is 4.99 Å². The summed E-state index contributed by atoms with van der Waals surface area (Å²) >= 11 is 1.37. The molecule has 8 nitrogen and oxygen atoms in total. The summed E-state index contributed by atoms with van der Waals surface area (Å²) in [6.45, 7) is 1.86. The first-order valence-corrected chi connectivity index (χ1v) is 8.60. The molecule has 0 atom stereocenters. The zero-order chi connectivity index (χ0) is 18.8. The molecular weight excluding hydrogens is 354 g/mol. The Balaban J connectivity index is 2.23. The van der Waals surface area contributed by atoms with Gasteiger partial charge in [0.15, 0.2) is 11.5 Å². The molecular formula is C17H19N5O3S. The maximum atomic E-state index is 12.6. The highest BCUT2D eigenvalue weighted by atomic mass is 32.1. The second kappa shape index (κ2) is 7.12. The monoisotopic (exact) mass is 373 g/mol. The molecule has 1 aromatic carbocycles. The normalized spacial score (nSPS) is 11.7. The van der Waals surface area contributed by atoms with Gasteiger partial charge in [-0.15, -0.1) is 10.2 Å². The Morgan fingerprint density at radius 3 is 2.38 bits per heavy atom. The number of ether oxygens (including phenoxy) is 2. The molecule has 0 aliphatic heterocycles. The van der Waals surface area contributed by atoms with Crippen LogP contribution in [-0.4, -0.2) is 33.6 Å². The van der Waals surface area contributed by atoms with Crippen molar-refractivity contribution >= 4 is 16.5 Å². The average Bonchev–Trinajstić information content (AvgIpc) is 3.06. The SMILES string of the molecule is COc1ccc(-c2cc(=Nc3nnc(C)s3)n(C)c(=O)n2C)cc1OC. The van der Waals surface area contributed by atoms with Crippen molar-refractivity contribution < 1.29 is 9.47 Å². The maximum Gasteiger partial charge on any atom is 0.329 e. The molecule has 3 aromatic rings. The van der Waals surface area contributed by atoms with E-state index in [-0.39, 0.29) is 5.69 Å². The molecule has 0 bridgehead atoms. The van der Waals surface area contributed by atoms with Crippen molar-refractivity contribution in [1.29, 1.82) is 0 Å². The van der Waals surface area contributed by atoms with Crippen molar-refractivity contribution in [3.63, 3.8) is 0 Å². The van der Waals surface area contributed by atoms with E-state index in [2.05, 4.69) is 15.2 Å². The van der Waals surface area contributed by atoms with E-state index in [1.165, 1.54) is 15.9 Å². The Labute approximate surface area is 154 Å². The van der Waals surface area contributed by atoms with Crippen molar-refractivity contribution in [3.8, 4) is 22.8 Å². The van der Waals surface area contributed by atoms with E-state index in [1.54, 1.807) is 38.9 Å². The molecule has 2 aromatic heterocycles. The lowest BCUT2D eigenvalue weighted by Gasteiger charge is -2.13. The summed E-state index contributed by atoms with van der Waals surface area (Å²) in [4.78, 5) is 17.1. The Morgan fingerprint density at radius 2 is 1.77 bits per heavy atom. The molecule has 0 saturated carbocycles. The zero-order valence-electron chi connectivity index (χ0n) is 15.2. The lowest BCUT2D eigenvalue weighted by atomic mass is 10.1. The van der Waals surface area contributed by atoms with E-state index in [4.69, 9.17) is 9.47 Å². The molecule has 3 rings (SSSR count). The number of aryl methyl sites for hydroxylation is 1.